The number of hydrogen-bond donors (Lipinski definition) is 2. The van der Waals surface area contributed by atoms with Gasteiger partial charge in [-0.3, -0.25) is 0 Å². The second-order valence-electron chi connectivity index (χ2n) is 5.02. The summed E-state index contributed by atoms with van der Waals surface area (Å²) >= 11 is 0. The van der Waals surface area contributed by atoms with E-state index >= 15 is 0 Å². The van der Waals surface area contributed by atoms with Crippen molar-refractivity contribution in [1.82, 2.24) is 5.32 Å². The number of anilines is 1. The highest BCUT2D eigenvalue weighted by Crippen LogP contribution is 2.17. The smallest absolute Gasteiger partial charge is 0.188 e. The molecule has 1 heterocycles. The largest absolute Gasteiger partial charge is 0.370 e. The summed E-state index contributed by atoms with van der Waals surface area (Å²) in [6.45, 7) is 5.69. The monoisotopic (exact) mass is 272 g/mol. The van der Waals surface area contributed by atoms with Gasteiger partial charge in [0.15, 0.2) is 5.96 Å². The molecule has 20 heavy (non-hydrogen) atoms. The Morgan fingerprint density at radius 2 is 1.95 bits per heavy atom. The number of nitrogens with one attached hydrogen (secondary N) is 1. The molecular formula is C16H24N4. The molecule has 0 atom stereocenters. The molecule has 1 aromatic rings. The second-order valence-corrected chi connectivity index (χ2v) is 5.02. The molecule has 2 rings (SSSR count). The Morgan fingerprint density at radius 3 is 2.60 bits per heavy atom. The van der Waals surface area contributed by atoms with Gasteiger partial charge in [-0.15, -0.1) is 0 Å². The van der Waals surface area contributed by atoms with Crippen molar-refractivity contribution >= 4 is 11.6 Å². The third-order valence-corrected chi connectivity index (χ3v) is 3.39. The summed E-state index contributed by atoms with van der Waals surface area (Å²) in [6, 6.07) is 8.55. The first kappa shape index (κ1) is 14.4. The summed E-state index contributed by atoms with van der Waals surface area (Å²) in [5.74, 6) is 0.534. The van der Waals surface area contributed by atoms with Crippen LogP contribution in [0.15, 0.2) is 41.4 Å². The molecule has 0 aromatic heterocycles. The topological polar surface area (TPSA) is 53.6 Å². The van der Waals surface area contributed by atoms with Crippen molar-refractivity contribution in [1.29, 1.82) is 0 Å². The number of aliphatic imine (C=N–C) groups is 1. The minimum atomic E-state index is 0.534. The Balaban J connectivity index is 1.82. The van der Waals surface area contributed by atoms with E-state index in [0.717, 1.165) is 32.5 Å². The lowest BCUT2D eigenvalue weighted by molar-refractivity contribution is 0.748. The maximum Gasteiger partial charge on any atom is 0.188 e. The Hall–Kier alpha value is -1.97. The minimum absolute atomic E-state index is 0.534. The third kappa shape index (κ3) is 4.30. The van der Waals surface area contributed by atoms with Crippen LogP contribution >= 0.6 is 0 Å². The third-order valence-electron chi connectivity index (χ3n) is 3.39. The molecule has 0 aliphatic carbocycles. The van der Waals surface area contributed by atoms with Crippen LogP contribution in [0.5, 0.6) is 0 Å². The van der Waals surface area contributed by atoms with E-state index < -0.39 is 0 Å². The van der Waals surface area contributed by atoms with Gasteiger partial charge in [0.05, 0.1) is 6.54 Å². The van der Waals surface area contributed by atoms with Gasteiger partial charge in [-0.05, 0) is 24.1 Å². The average Bonchev–Trinajstić information content (AvgIpc) is 3.00. The van der Waals surface area contributed by atoms with Gasteiger partial charge in [-0.2, -0.15) is 0 Å². The first-order valence-electron chi connectivity index (χ1n) is 7.32. The molecular weight excluding hydrogens is 248 g/mol. The van der Waals surface area contributed by atoms with Crippen LogP contribution in [0.4, 0.5) is 5.69 Å². The highest BCUT2D eigenvalue weighted by Gasteiger charge is 2.06. The van der Waals surface area contributed by atoms with E-state index in [1.165, 1.54) is 11.3 Å². The molecule has 0 spiro atoms. The summed E-state index contributed by atoms with van der Waals surface area (Å²) in [7, 11) is 0. The van der Waals surface area contributed by atoms with Gasteiger partial charge >= 0.3 is 0 Å². The van der Waals surface area contributed by atoms with Gasteiger partial charge in [0.25, 0.3) is 0 Å². The van der Waals surface area contributed by atoms with Crippen molar-refractivity contribution in [2.45, 2.75) is 26.3 Å². The van der Waals surface area contributed by atoms with Gasteiger partial charge in [0.2, 0.25) is 0 Å². The zero-order chi connectivity index (χ0) is 14.2. The molecule has 1 aliphatic heterocycles. The first-order valence-corrected chi connectivity index (χ1v) is 7.32. The van der Waals surface area contributed by atoms with Crippen molar-refractivity contribution in [3.63, 3.8) is 0 Å². The molecule has 1 aliphatic rings. The number of rotatable bonds is 6. The van der Waals surface area contributed by atoms with E-state index in [-0.39, 0.29) is 0 Å². The van der Waals surface area contributed by atoms with Crippen LogP contribution in [0, 0.1) is 0 Å². The lowest BCUT2D eigenvalue weighted by atomic mass is 10.2. The Labute approximate surface area is 121 Å². The zero-order valence-electron chi connectivity index (χ0n) is 12.2. The maximum absolute atomic E-state index is 5.81. The van der Waals surface area contributed by atoms with Crippen molar-refractivity contribution in [2.24, 2.45) is 10.7 Å². The van der Waals surface area contributed by atoms with Crippen molar-refractivity contribution in [3.8, 4) is 0 Å². The predicted octanol–water partition coefficient (Wildman–Crippen LogP) is 2.27. The van der Waals surface area contributed by atoms with Crippen LogP contribution < -0.4 is 16.0 Å². The molecule has 1 aromatic carbocycles. The number of benzene rings is 1. The number of nitrogens with two attached hydrogens (primary N) is 1. The molecule has 108 valence electrons. The standard InChI is InChI=1S/C16H24N4/c1-2-3-10-18-16(17)19-13-14-6-8-15(9-7-14)20-11-4-5-12-20/h4-9H,2-3,10-13H2,1H3,(H3,17,18,19). The van der Waals surface area contributed by atoms with Crippen LogP contribution in [-0.2, 0) is 6.54 Å². The van der Waals surface area contributed by atoms with Crippen LogP contribution in [0.25, 0.3) is 0 Å². The Kier molecular flexibility index (Phi) is 5.47. The Morgan fingerprint density at radius 1 is 1.25 bits per heavy atom. The lowest BCUT2D eigenvalue weighted by Gasteiger charge is -2.17. The summed E-state index contributed by atoms with van der Waals surface area (Å²) in [5, 5.41) is 3.12. The summed E-state index contributed by atoms with van der Waals surface area (Å²) in [6.07, 6.45) is 6.67. The van der Waals surface area contributed by atoms with E-state index in [9.17, 15) is 0 Å². The molecule has 0 amide bonds. The van der Waals surface area contributed by atoms with Crippen molar-refractivity contribution < 1.29 is 0 Å². The van der Waals surface area contributed by atoms with Crippen LogP contribution in [0.2, 0.25) is 0 Å². The van der Waals surface area contributed by atoms with E-state index in [4.69, 9.17) is 5.73 Å². The lowest BCUT2D eigenvalue weighted by Crippen LogP contribution is -2.32. The van der Waals surface area contributed by atoms with Crippen LogP contribution in [0.3, 0.4) is 0 Å². The normalized spacial score (nSPS) is 14.8. The second kappa shape index (κ2) is 7.58. The quantitative estimate of drug-likeness (QED) is 0.361. The van der Waals surface area contributed by atoms with Gasteiger partial charge < -0.3 is 16.0 Å². The van der Waals surface area contributed by atoms with E-state index in [1.54, 1.807) is 0 Å². The molecule has 0 fully saturated rings. The van der Waals surface area contributed by atoms with E-state index in [0.29, 0.717) is 12.5 Å². The van der Waals surface area contributed by atoms with E-state index in [2.05, 4.69) is 58.6 Å². The van der Waals surface area contributed by atoms with Crippen molar-refractivity contribution in [3.05, 3.63) is 42.0 Å². The molecule has 4 heteroatoms. The van der Waals surface area contributed by atoms with Crippen molar-refractivity contribution in [2.75, 3.05) is 24.5 Å². The van der Waals surface area contributed by atoms with Crippen LogP contribution in [0.1, 0.15) is 25.3 Å². The fourth-order valence-electron chi connectivity index (χ4n) is 2.13. The molecule has 0 saturated heterocycles. The number of nitrogens with zero attached hydrogens (tertiary/aromatic N) is 2. The van der Waals surface area contributed by atoms with E-state index in [1.807, 2.05) is 0 Å². The fraction of sp³-hybridized carbons (Fsp3) is 0.438. The summed E-state index contributed by atoms with van der Waals surface area (Å²) < 4.78 is 0. The fourth-order valence-corrected chi connectivity index (χ4v) is 2.13. The number of unbranched alkanes of at least 4 members (excludes halogenated alkanes) is 1. The van der Waals surface area contributed by atoms with Gasteiger partial charge in [-0.1, -0.05) is 37.6 Å². The molecule has 3 N–H and O–H groups in total. The molecule has 0 unspecified atom stereocenters. The minimum Gasteiger partial charge on any atom is -0.370 e. The van der Waals surface area contributed by atoms with Gasteiger partial charge in [0, 0.05) is 25.3 Å². The predicted molar refractivity (Wildman–Crippen MR) is 86.0 cm³/mol. The molecule has 4 nitrogen and oxygen atoms in total. The Bertz CT molecular complexity index is 454. The highest BCUT2D eigenvalue weighted by molar-refractivity contribution is 5.77. The van der Waals surface area contributed by atoms with Gasteiger partial charge in [0.1, 0.15) is 0 Å². The maximum atomic E-state index is 5.81. The van der Waals surface area contributed by atoms with Crippen LogP contribution in [-0.4, -0.2) is 25.6 Å². The number of guanidine groups is 1. The summed E-state index contributed by atoms with van der Waals surface area (Å²) in [4.78, 5) is 6.68. The summed E-state index contributed by atoms with van der Waals surface area (Å²) in [5.41, 5.74) is 8.26. The van der Waals surface area contributed by atoms with Gasteiger partial charge in [-0.25, -0.2) is 4.99 Å². The highest BCUT2D eigenvalue weighted by atomic mass is 15.1. The first-order chi connectivity index (χ1) is 9.79. The SMILES string of the molecule is CCCCNC(N)=NCc1ccc(N2CC=CC2)cc1. The molecule has 0 saturated carbocycles. The molecule has 0 radical (unpaired) electrons. The molecule has 0 bridgehead atoms. The zero-order valence-corrected chi connectivity index (χ0v) is 12.2. The average molecular weight is 272 g/mol. The number of hydrogen-bond acceptors (Lipinski definition) is 2.